The fraction of sp³-hybridized carbons (Fsp3) is 0.176. The minimum Gasteiger partial charge on any atom is -0.489 e. The highest BCUT2D eigenvalue weighted by Gasteiger charge is 2.46. The van der Waals surface area contributed by atoms with Crippen LogP contribution in [0.1, 0.15) is 49.9 Å². The van der Waals surface area contributed by atoms with E-state index in [0.29, 0.717) is 22.6 Å². The Labute approximate surface area is 335 Å². The Balaban J connectivity index is 1.41. The first kappa shape index (κ1) is 38.6. The first-order valence-electron chi connectivity index (χ1n) is 19.2. The van der Waals surface area contributed by atoms with Crippen LogP contribution >= 0.6 is 0 Å². The second-order valence-corrected chi connectivity index (χ2v) is 14.6. The van der Waals surface area contributed by atoms with Crippen LogP contribution in [0.3, 0.4) is 0 Å². The third-order valence-electron chi connectivity index (χ3n) is 10.2. The molecule has 7 rings (SSSR count). The molecular formula is C51H46O6. The lowest BCUT2D eigenvalue weighted by molar-refractivity contribution is -0.145. The highest BCUT2D eigenvalue weighted by Crippen LogP contribution is 2.57. The number of benzene rings is 6. The molecule has 0 amide bonds. The quantitative estimate of drug-likeness (QED) is 0.0813. The summed E-state index contributed by atoms with van der Waals surface area (Å²) in [6.45, 7) is 14.6. The van der Waals surface area contributed by atoms with E-state index in [4.69, 9.17) is 18.9 Å². The number of hydrogen-bond acceptors (Lipinski definition) is 6. The second kappa shape index (κ2) is 16.6. The van der Waals surface area contributed by atoms with Crippen LogP contribution < -0.4 is 9.47 Å². The SMILES string of the molecule is C=C(C)C(=O)OC(C)COc1ccc(C2(c3ccc(OCC(C)OC(=O)C(=C)C)c(-c4ccccc4)c3)c3ccccc3-c3ccccc32)cc1-c1ccccc1. The number of rotatable bonds is 14. The zero-order valence-corrected chi connectivity index (χ0v) is 32.8. The van der Waals surface area contributed by atoms with E-state index in [1.807, 2.05) is 62.4 Å². The van der Waals surface area contributed by atoms with Gasteiger partial charge in [-0.05, 0) is 96.5 Å². The van der Waals surface area contributed by atoms with E-state index in [-0.39, 0.29) is 13.2 Å². The van der Waals surface area contributed by atoms with Gasteiger partial charge in [-0.15, -0.1) is 0 Å². The number of ether oxygens (including phenoxy) is 4. The highest BCUT2D eigenvalue weighted by atomic mass is 16.6. The molecule has 1 aliphatic carbocycles. The first-order chi connectivity index (χ1) is 27.6. The van der Waals surface area contributed by atoms with E-state index < -0.39 is 29.6 Å². The monoisotopic (exact) mass is 754 g/mol. The fourth-order valence-corrected chi connectivity index (χ4v) is 7.54. The third kappa shape index (κ3) is 7.76. The van der Waals surface area contributed by atoms with Gasteiger partial charge < -0.3 is 18.9 Å². The Hall–Kier alpha value is -6.66. The van der Waals surface area contributed by atoms with E-state index in [0.717, 1.165) is 55.6 Å². The van der Waals surface area contributed by atoms with Gasteiger partial charge in [-0.25, -0.2) is 9.59 Å². The van der Waals surface area contributed by atoms with Crippen molar-refractivity contribution in [3.05, 3.63) is 192 Å². The lowest BCUT2D eigenvalue weighted by atomic mass is 9.67. The van der Waals surface area contributed by atoms with Crippen molar-refractivity contribution in [2.24, 2.45) is 0 Å². The van der Waals surface area contributed by atoms with Gasteiger partial charge in [0.1, 0.15) is 36.9 Å². The second-order valence-electron chi connectivity index (χ2n) is 14.6. The van der Waals surface area contributed by atoms with Gasteiger partial charge in [0, 0.05) is 22.3 Å². The zero-order chi connectivity index (χ0) is 40.1. The Morgan fingerprint density at radius 1 is 0.509 bits per heavy atom. The molecule has 0 bridgehead atoms. The van der Waals surface area contributed by atoms with Crippen LogP contribution in [0.4, 0.5) is 0 Å². The maximum Gasteiger partial charge on any atom is 0.333 e. The number of hydrogen-bond donors (Lipinski definition) is 0. The Bertz CT molecular complexity index is 2280. The smallest absolute Gasteiger partial charge is 0.333 e. The van der Waals surface area contributed by atoms with Gasteiger partial charge in [0.05, 0.1) is 5.41 Å². The largest absolute Gasteiger partial charge is 0.489 e. The summed E-state index contributed by atoms with van der Waals surface area (Å²) in [5, 5.41) is 0. The normalized spacial score (nSPS) is 13.3. The van der Waals surface area contributed by atoms with Crippen molar-refractivity contribution in [3.63, 3.8) is 0 Å². The van der Waals surface area contributed by atoms with Crippen molar-refractivity contribution in [2.45, 2.75) is 45.3 Å². The molecule has 57 heavy (non-hydrogen) atoms. The first-order valence-corrected chi connectivity index (χ1v) is 19.2. The molecule has 2 atom stereocenters. The Morgan fingerprint density at radius 2 is 0.877 bits per heavy atom. The molecule has 0 fully saturated rings. The number of carbonyl (C=O) groups excluding carboxylic acids is 2. The van der Waals surface area contributed by atoms with Crippen LogP contribution in [0, 0.1) is 0 Å². The Morgan fingerprint density at radius 3 is 1.26 bits per heavy atom. The van der Waals surface area contributed by atoms with Crippen LogP contribution in [0.15, 0.2) is 170 Å². The molecule has 0 spiro atoms. The van der Waals surface area contributed by atoms with Crippen LogP contribution in [-0.2, 0) is 24.5 Å². The predicted octanol–water partition coefficient (Wildman–Crippen LogP) is 11.2. The van der Waals surface area contributed by atoms with E-state index in [1.165, 1.54) is 0 Å². The summed E-state index contributed by atoms with van der Waals surface area (Å²) >= 11 is 0. The van der Waals surface area contributed by atoms with E-state index in [2.05, 4.69) is 110 Å². The highest BCUT2D eigenvalue weighted by molar-refractivity contribution is 5.89. The summed E-state index contributed by atoms with van der Waals surface area (Å²) in [4.78, 5) is 24.5. The van der Waals surface area contributed by atoms with Gasteiger partial charge in [0.25, 0.3) is 0 Å². The van der Waals surface area contributed by atoms with Crippen molar-refractivity contribution in [3.8, 4) is 44.9 Å². The number of esters is 2. The predicted molar refractivity (Wildman–Crippen MR) is 226 cm³/mol. The van der Waals surface area contributed by atoms with Crippen LogP contribution in [-0.4, -0.2) is 37.4 Å². The maximum atomic E-state index is 12.3. The summed E-state index contributed by atoms with van der Waals surface area (Å²) in [6, 6.07) is 50.4. The molecular weight excluding hydrogens is 709 g/mol. The van der Waals surface area contributed by atoms with E-state index in [1.54, 1.807) is 13.8 Å². The molecule has 2 unspecified atom stereocenters. The average Bonchev–Trinajstić information content (AvgIpc) is 3.53. The van der Waals surface area contributed by atoms with Crippen molar-refractivity contribution in [1.82, 2.24) is 0 Å². The van der Waals surface area contributed by atoms with E-state index >= 15 is 0 Å². The summed E-state index contributed by atoms with van der Waals surface area (Å²) in [5.41, 5.74) is 10.5. The third-order valence-corrected chi connectivity index (χ3v) is 10.2. The van der Waals surface area contributed by atoms with Crippen LogP contribution in [0.5, 0.6) is 11.5 Å². The molecule has 0 radical (unpaired) electrons. The Kier molecular flexibility index (Phi) is 11.2. The van der Waals surface area contributed by atoms with Gasteiger partial charge >= 0.3 is 11.9 Å². The van der Waals surface area contributed by atoms with Crippen LogP contribution in [0.25, 0.3) is 33.4 Å². The molecule has 6 aromatic rings. The minimum absolute atomic E-state index is 0.169. The summed E-state index contributed by atoms with van der Waals surface area (Å²) in [7, 11) is 0. The molecule has 6 aromatic carbocycles. The topological polar surface area (TPSA) is 71.1 Å². The summed E-state index contributed by atoms with van der Waals surface area (Å²) < 4.78 is 24.0. The molecule has 0 saturated carbocycles. The molecule has 0 N–H and O–H groups in total. The minimum atomic E-state index is -0.744. The summed E-state index contributed by atoms with van der Waals surface area (Å²) in [5.74, 6) is 0.454. The molecule has 0 aliphatic heterocycles. The molecule has 1 aliphatic rings. The van der Waals surface area contributed by atoms with Crippen molar-refractivity contribution >= 4 is 11.9 Å². The van der Waals surface area contributed by atoms with E-state index in [9.17, 15) is 9.59 Å². The van der Waals surface area contributed by atoms with Crippen molar-refractivity contribution in [2.75, 3.05) is 13.2 Å². The lowest BCUT2D eigenvalue weighted by Crippen LogP contribution is -2.29. The van der Waals surface area contributed by atoms with Crippen molar-refractivity contribution in [1.29, 1.82) is 0 Å². The van der Waals surface area contributed by atoms with Crippen LogP contribution in [0.2, 0.25) is 0 Å². The average molecular weight is 755 g/mol. The zero-order valence-electron chi connectivity index (χ0n) is 32.8. The number of carbonyl (C=O) groups is 2. The van der Waals surface area contributed by atoms with Gasteiger partial charge in [-0.1, -0.05) is 134 Å². The van der Waals surface area contributed by atoms with Gasteiger partial charge in [0.2, 0.25) is 0 Å². The fourth-order valence-electron chi connectivity index (χ4n) is 7.54. The standard InChI is InChI=1S/C51H46O6/c1-33(2)49(52)56-35(5)31-54-47-27-25-39(29-43(47)37-17-9-7-10-18-37)51(45-23-15-13-21-41(45)42-22-14-16-24-46(42)51)40-26-28-48(44(30-40)38-19-11-8-12-20-38)55-32-36(6)57-50(53)34(3)4/h7-30,35-36H,1,3,31-32H2,2,4-6H3. The molecule has 0 heterocycles. The molecule has 0 aromatic heterocycles. The van der Waals surface area contributed by atoms with Gasteiger partial charge in [-0.3, -0.25) is 0 Å². The number of fused-ring (bicyclic) bond motifs is 3. The summed E-state index contributed by atoms with van der Waals surface area (Å²) in [6.07, 6.45) is -0.980. The maximum absolute atomic E-state index is 12.3. The molecule has 286 valence electrons. The van der Waals surface area contributed by atoms with Gasteiger partial charge in [0.15, 0.2) is 0 Å². The molecule has 6 nitrogen and oxygen atoms in total. The molecule has 0 saturated heterocycles. The molecule has 6 heteroatoms. The van der Waals surface area contributed by atoms with Crippen molar-refractivity contribution < 1.29 is 28.5 Å². The van der Waals surface area contributed by atoms with Gasteiger partial charge in [-0.2, -0.15) is 0 Å². The lowest BCUT2D eigenvalue weighted by Gasteiger charge is -2.35.